The Labute approximate surface area is 125 Å². The molecule has 21 heavy (non-hydrogen) atoms. The zero-order valence-corrected chi connectivity index (χ0v) is 13.0. The minimum absolute atomic E-state index is 0.0626. The third-order valence-corrected chi connectivity index (χ3v) is 4.80. The van der Waals surface area contributed by atoms with Crippen molar-refractivity contribution < 1.29 is 13.5 Å². The van der Waals surface area contributed by atoms with E-state index < -0.39 is 10.0 Å². The number of hydrogen-bond donors (Lipinski definition) is 2. The Hall–Kier alpha value is -1.22. The van der Waals surface area contributed by atoms with Crippen LogP contribution in [0.2, 0.25) is 0 Å². The van der Waals surface area contributed by atoms with Crippen LogP contribution in [-0.4, -0.2) is 62.2 Å². The van der Waals surface area contributed by atoms with Gasteiger partial charge in [-0.1, -0.05) is 6.92 Å². The first-order valence-electron chi connectivity index (χ1n) is 7.05. The molecule has 1 aromatic rings. The van der Waals surface area contributed by atoms with Gasteiger partial charge < -0.3 is 10.0 Å². The molecule has 1 aliphatic rings. The molecule has 0 bridgehead atoms. The summed E-state index contributed by atoms with van der Waals surface area (Å²) in [5, 5.41) is 14.6. The average Bonchev–Trinajstić information content (AvgIpc) is 2.48. The number of piperazine rings is 1. The normalized spacial score (nSPS) is 18.7. The average molecular weight is 314 g/mol. The van der Waals surface area contributed by atoms with Crippen LogP contribution in [0, 0.1) is 0 Å². The number of nitrogens with zero attached hydrogens (tertiary/aromatic N) is 3. The lowest BCUT2D eigenvalue weighted by Gasteiger charge is -2.39. The van der Waals surface area contributed by atoms with Crippen molar-refractivity contribution in [3.05, 3.63) is 18.3 Å². The maximum atomic E-state index is 11.6. The molecule has 8 heteroatoms. The lowest BCUT2D eigenvalue weighted by Crippen LogP contribution is -2.51. The predicted octanol–water partition coefficient (Wildman–Crippen LogP) is -0.378. The Morgan fingerprint density at radius 1 is 1.38 bits per heavy atom. The monoisotopic (exact) mass is 314 g/mol. The van der Waals surface area contributed by atoms with Gasteiger partial charge in [-0.25, -0.2) is 18.5 Å². The molecule has 1 fully saturated rings. The summed E-state index contributed by atoms with van der Waals surface area (Å²) >= 11 is 0. The largest absolute Gasteiger partial charge is 0.395 e. The highest BCUT2D eigenvalue weighted by Gasteiger charge is 2.26. The molecule has 2 rings (SSSR count). The molecule has 1 aliphatic heterocycles. The summed E-state index contributed by atoms with van der Waals surface area (Å²) in [6.07, 6.45) is 2.46. The van der Waals surface area contributed by atoms with Crippen LogP contribution in [0.25, 0.3) is 0 Å². The molecule has 0 radical (unpaired) electrons. The lowest BCUT2D eigenvalue weighted by molar-refractivity contribution is 0.114. The molecular weight excluding hydrogens is 292 g/mol. The number of aliphatic hydroxyl groups is 1. The summed E-state index contributed by atoms with van der Waals surface area (Å²) in [7, 11) is -3.78. The third kappa shape index (κ3) is 3.70. The second kappa shape index (κ2) is 6.69. The lowest BCUT2D eigenvalue weighted by atomic mass is 10.1. The van der Waals surface area contributed by atoms with Gasteiger partial charge in [-0.05, 0) is 18.6 Å². The van der Waals surface area contributed by atoms with Gasteiger partial charge in [0.15, 0.2) is 0 Å². The molecule has 1 aromatic heterocycles. The van der Waals surface area contributed by atoms with Gasteiger partial charge >= 0.3 is 0 Å². The fraction of sp³-hybridized carbons (Fsp3) is 0.615. The van der Waals surface area contributed by atoms with E-state index in [9.17, 15) is 13.5 Å². The van der Waals surface area contributed by atoms with Gasteiger partial charge in [0.25, 0.3) is 0 Å². The quantitative estimate of drug-likeness (QED) is 0.769. The van der Waals surface area contributed by atoms with Crippen LogP contribution < -0.4 is 10.0 Å². The van der Waals surface area contributed by atoms with Gasteiger partial charge in [-0.3, -0.25) is 4.90 Å². The van der Waals surface area contributed by atoms with Gasteiger partial charge in [-0.2, -0.15) is 0 Å². The van der Waals surface area contributed by atoms with Gasteiger partial charge in [0.2, 0.25) is 10.0 Å². The van der Waals surface area contributed by atoms with Crippen LogP contribution in [0.5, 0.6) is 0 Å². The summed E-state index contributed by atoms with van der Waals surface area (Å²) in [6, 6.07) is 3.21. The van der Waals surface area contributed by atoms with Crippen molar-refractivity contribution in [2.75, 3.05) is 37.7 Å². The van der Waals surface area contributed by atoms with E-state index in [0.29, 0.717) is 18.9 Å². The smallest absolute Gasteiger partial charge is 0.241 e. The van der Waals surface area contributed by atoms with Crippen molar-refractivity contribution >= 4 is 15.8 Å². The maximum absolute atomic E-state index is 11.6. The zero-order valence-electron chi connectivity index (χ0n) is 12.1. The summed E-state index contributed by atoms with van der Waals surface area (Å²) in [5.41, 5.74) is 0. The van der Waals surface area contributed by atoms with Crippen molar-refractivity contribution in [3.8, 4) is 0 Å². The summed E-state index contributed by atoms with van der Waals surface area (Å²) < 4.78 is 23.3. The van der Waals surface area contributed by atoms with E-state index in [1.165, 1.54) is 6.07 Å². The summed E-state index contributed by atoms with van der Waals surface area (Å²) in [5.74, 6) is 0.414. The topological polar surface area (TPSA) is 99.8 Å². The van der Waals surface area contributed by atoms with Crippen LogP contribution in [0.15, 0.2) is 23.2 Å². The molecule has 1 unspecified atom stereocenters. The van der Waals surface area contributed by atoms with Gasteiger partial charge in [0, 0.05) is 38.4 Å². The van der Waals surface area contributed by atoms with Crippen LogP contribution in [-0.2, 0) is 10.0 Å². The fourth-order valence-corrected chi connectivity index (χ4v) is 3.35. The number of aliphatic hydroxyl groups excluding tert-OH is 1. The highest BCUT2D eigenvalue weighted by molar-refractivity contribution is 7.89. The van der Waals surface area contributed by atoms with Crippen LogP contribution >= 0.6 is 0 Å². The van der Waals surface area contributed by atoms with Crippen molar-refractivity contribution in [1.29, 1.82) is 0 Å². The SMILES string of the molecule is CCC(CO)N1CCN(c2ncccc2S(N)(=O)=O)CC1. The molecule has 1 saturated heterocycles. The predicted molar refractivity (Wildman–Crippen MR) is 80.6 cm³/mol. The van der Waals surface area contributed by atoms with Crippen LogP contribution in [0.3, 0.4) is 0 Å². The van der Waals surface area contributed by atoms with Crippen LogP contribution in [0.1, 0.15) is 13.3 Å². The molecule has 3 N–H and O–H groups in total. The van der Waals surface area contributed by atoms with E-state index in [4.69, 9.17) is 5.14 Å². The number of rotatable bonds is 5. The Morgan fingerprint density at radius 3 is 2.57 bits per heavy atom. The standard InChI is InChI=1S/C13H22N4O3S/c1-2-11(10-18)16-6-8-17(9-7-16)13-12(21(14,19)20)4-3-5-15-13/h3-5,11,18H,2,6-10H2,1H3,(H2,14,19,20). The van der Waals surface area contributed by atoms with Gasteiger partial charge in [0.05, 0.1) is 6.61 Å². The molecule has 2 heterocycles. The van der Waals surface area contributed by atoms with E-state index in [1.54, 1.807) is 12.3 Å². The molecule has 0 spiro atoms. The van der Waals surface area contributed by atoms with Crippen molar-refractivity contribution in [2.45, 2.75) is 24.3 Å². The number of hydrogen-bond acceptors (Lipinski definition) is 6. The first-order chi connectivity index (χ1) is 9.97. The number of sulfonamides is 1. The molecule has 7 nitrogen and oxygen atoms in total. The highest BCUT2D eigenvalue weighted by Crippen LogP contribution is 2.22. The molecule has 0 aliphatic carbocycles. The van der Waals surface area contributed by atoms with E-state index in [0.717, 1.165) is 19.5 Å². The van der Waals surface area contributed by atoms with Crippen molar-refractivity contribution in [2.24, 2.45) is 5.14 Å². The Kier molecular flexibility index (Phi) is 5.15. The van der Waals surface area contributed by atoms with E-state index in [1.807, 2.05) is 11.8 Å². The Bertz CT molecular complexity index is 567. The Balaban J connectivity index is 2.13. The number of pyridine rings is 1. The maximum Gasteiger partial charge on any atom is 0.241 e. The molecule has 1 atom stereocenters. The fourth-order valence-electron chi connectivity index (χ4n) is 2.64. The Morgan fingerprint density at radius 2 is 2.05 bits per heavy atom. The molecule has 0 aromatic carbocycles. The molecule has 118 valence electrons. The van der Waals surface area contributed by atoms with Gasteiger partial charge in [0.1, 0.15) is 10.7 Å². The first-order valence-corrected chi connectivity index (χ1v) is 8.59. The third-order valence-electron chi connectivity index (χ3n) is 3.87. The molecule has 0 amide bonds. The minimum Gasteiger partial charge on any atom is -0.395 e. The molecular formula is C13H22N4O3S. The molecule has 0 saturated carbocycles. The number of aromatic nitrogens is 1. The number of anilines is 1. The second-order valence-electron chi connectivity index (χ2n) is 5.14. The van der Waals surface area contributed by atoms with Crippen molar-refractivity contribution in [1.82, 2.24) is 9.88 Å². The zero-order chi connectivity index (χ0) is 15.5. The second-order valence-corrected chi connectivity index (χ2v) is 6.67. The first kappa shape index (κ1) is 16.2. The summed E-state index contributed by atoms with van der Waals surface area (Å²) in [6.45, 7) is 5.04. The minimum atomic E-state index is -3.78. The number of primary sulfonamides is 1. The summed E-state index contributed by atoms with van der Waals surface area (Å²) in [4.78, 5) is 8.39. The highest BCUT2D eigenvalue weighted by atomic mass is 32.2. The van der Waals surface area contributed by atoms with Crippen LogP contribution in [0.4, 0.5) is 5.82 Å². The van der Waals surface area contributed by atoms with E-state index in [2.05, 4.69) is 9.88 Å². The van der Waals surface area contributed by atoms with E-state index >= 15 is 0 Å². The van der Waals surface area contributed by atoms with Gasteiger partial charge in [-0.15, -0.1) is 0 Å². The van der Waals surface area contributed by atoms with E-state index in [-0.39, 0.29) is 17.5 Å². The number of nitrogens with two attached hydrogens (primary N) is 1. The van der Waals surface area contributed by atoms with Crippen molar-refractivity contribution in [3.63, 3.8) is 0 Å².